The van der Waals surface area contributed by atoms with Gasteiger partial charge < -0.3 is 0 Å². The highest BCUT2D eigenvalue weighted by atomic mass is 79.9. The Morgan fingerprint density at radius 1 is 1.50 bits per heavy atom. The molecule has 0 N–H and O–H groups in total. The van der Waals surface area contributed by atoms with Crippen LogP contribution in [0.25, 0.3) is 0 Å². The van der Waals surface area contributed by atoms with Crippen molar-refractivity contribution >= 4 is 15.9 Å². The van der Waals surface area contributed by atoms with E-state index in [1.54, 1.807) is 19.9 Å². The highest BCUT2D eigenvalue weighted by Crippen LogP contribution is 2.21. The van der Waals surface area contributed by atoms with Crippen molar-refractivity contribution in [3.05, 3.63) is 22.7 Å². The molecule has 0 bridgehead atoms. The van der Waals surface area contributed by atoms with E-state index in [1.807, 2.05) is 0 Å². The molecule has 0 nitrogen and oxygen atoms in total. The molecule has 0 aromatic carbocycles. The minimum Gasteiger partial charge on any atom is -0.202 e. The molecule has 0 atom stereocenters. The molecule has 0 spiro atoms. The van der Waals surface area contributed by atoms with Crippen LogP contribution in [-0.4, -0.2) is 5.92 Å². The van der Waals surface area contributed by atoms with E-state index in [9.17, 15) is 8.78 Å². The van der Waals surface area contributed by atoms with Gasteiger partial charge in [-0.2, -0.15) is 0 Å². The van der Waals surface area contributed by atoms with Crippen molar-refractivity contribution < 1.29 is 8.78 Å². The van der Waals surface area contributed by atoms with Gasteiger partial charge in [-0.3, -0.25) is 0 Å². The standard InChI is InChI=1S/C9H13BrF2/c1-3-6-9(11,12)7-4-5-8(2)10/h4-5,7H,3,6H2,1-2H3/b7-4+,8-5+. The SMILES string of the molecule is CCCC(F)(F)/C=C/C=C(\C)Br. The maximum Gasteiger partial charge on any atom is 0.266 e. The van der Waals surface area contributed by atoms with Gasteiger partial charge in [0, 0.05) is 6.42 Å². The van der Waals surface area contributed by atoms with Gasteiger partial charge in [0.05, 0.1) is 0 Å². The van der Waals surface area contributed by atoms with Crippen LogP contribution < -0.4 is 0 Å². The lowest BCUT2D eigenvalue weighted by Gasteiger charge is -2.08. The van der Waals surface area contributed by atoms with Gasteiger partial charge in [0.15, 0.2) is 0 Å². The maximum atomic E-state index is 12.7. The van der Waals surface area contributed by atoms with E-state index in [0.29, 0.717) is 6.42 Å². The second kappa shape index (κ2) is 5.46. The van der Waals surface area contributed by atoms with E-state index in [-0.39, 0.29) is 6.42 Å². The van der Waals surface area contributed by atoms with Gasteiger partial charge in [-0.25, -0.2) is 8.78 Å². The van der Waals surface area contributed by atoms with E-state index in [1.165, 1.54) is 6.08 Å². The van der Waals surface area contributed by atoms with Gasteiger partial charge in [0.1, 0.15) is 0 Å². The molecule has 0 rings (SSSR count). The van der Waals surface area contributed by atoms with Crippen molar-refractivity contribution in [3.8, 4) is 0 Å². The first-order valence-corrected chi connectivity index (χ1v) is 4.66. The van der Waals surface area contributed by atoms with Crippen LogP contribution in [0.2, 0.25) is 0 Å². The third-order valence-corrected chi connectivity index (χ3v) is 1.51. The Bertz CT molecular complexity index is 179. The first kappa shape index (κ1) is 11.8. The lowest BCUT2D eigenvalue weighted by atomic mass is 10.2. The first-order valence-electron chi connectivity index (χ1n) is 3.87. The molecule has 12 heavy (non-hydrogen) atoms. The minimum absolute atomic E-state index is 0.0846. The van der Waals surface area contributed by atoms with Crippen LogP contribution in [0.15, 0.2) is 22.7 Å². The molecule has 0 heterocycles. The largest absolute Gasteiger partial charge is 0.266 e. The fourth-order valence-electron chi connectivity index (χ4n) is 0.738. The molecule has 0 aliphatic rings. The summed E-state index contributed by atoms with van der Waals surface area (Å²) in [5.74, 6) is -2.66. The summed E-state index contributed by atoms with van der Waals surface area (Å²) >= 11 is 3.15. The molecule has 0 aliphatic carbocycles. The molecule has 70 valence electrons. The lowest BCUT2D eigenvalue weighted by Crippen LogP contribution is -2.10. The van der Waals surface area contributed by atoms with Crippen LogP contribution in [0.4, 0.5) is 8.78 Å². The summed E-state index contributed by atoms with van der Waals surface area (Å²) in [6, 6.07) is 0. The van der Waals surface area contributed by atoms with Gasteiger partial charge in [-0.05, 0) is 17.5 Å². The van der Waals surface area contributed by atoms with Gasteiger partial charge >= 0.3 is 0 Å². The Balaban J connectivity index is 4.04. The average Bonchev–Trinajstić information content (AvgIpc) is 1.85. The smallest absolute Gasteiger partial charge is 0.202 e. The molecule has 0 amide bonds. The average molecular weight is 239 g/mol. The van der Waals surface area contributed by atoms with E-state index in [0.717, 1.165) is 10.6 Å². The van der Waals surface area contributed by atoms with Gasteiger partial charge in [0.25, 0.3) is 5.92 Å². The van der Waals surface area contributed by atoms with Crippen molar-refractivity contribution in [1.82, 2.24) is 0 Å². The zero-order chi connectivity index (χ0) is 9.61. The molecule has 0 radical (unpaired) electrons. The van der Waals surface area contributed by atoms with E-state index >= 15 is 0 Å². The van der Waals surface area contributed by atoms with Crippen molar-refractivity contribution in [2.75, 3.05) is 0 Å². The maximum absolute atomic E-state index is 12.7. The summed E-state index contributed by atoms with van der Waals surface area (Å²) in [4.78, 5) is 0. The Hall–Kier alpha value is -0.180. The molecule has 0 aromatic rings. The van der Waals surface area contributed by atoms with Crippen LogP contribution in [0.1, 0.15) is 26.7 Å². The molecule has 0 saturated heterocycles. The Morgan fingerprint density at radius 3 is 2.50 bits per heavy atom. The summed E-state index contributed by atoms with van der Waals surface area (Å²) in [6.07, 6.45) is 4.32. The third-order valence-electron chi connectivity index (χ3n) is 1.25. The Labute approximate surface area is 80.5 Å². The monoisotopic (exact) mass is 238 g/mol. The number of rotatable bonds is 4. The number of hydrogen-bond donors (Lipinski definition) is 0. The first-order chi connectivity index (χ1) is 5.48. The predicted octanol–water partition coefficient (Wildman–Crippen LogP) is 4.28. The summed E-state index contributed by atoms with van der Waals surface area (Å²) in [7, 11) is 0. The fraction of sp³-hybridized carbons (Fsp3) is 0.556. The van der Waals surface area contributed by atoms with Crippen LogP contribution in [0.5, 0.6) is 0 Å². The highest BCUT2D eigenvalue weighted by Gasteiger charge is 2.22. The minimum atomic E-state index is -2.66. The number of alkyl halides is 2. The lowest BCUT2D eigenvalue weighted by molar-refractivity contribution is 0.0449. The quantitative estimate of drug-likeness (QED) is 0.642. The zero-order valence-corrected chi connectivity index (χ0v) is 8.87. The predicted molar refractivity (Wildman–Crippen MR) is 51.7 cm³/mol. The van der Waals surface area contributed by atoms with Crippen molar-refractivity contribution in [2.45, 2.75) is 32.6 Å². The molecular weight excluding hydrogens is 226 g/mol. The molecular formula is C9H13BrF2. The summed E-state index contributed by atoms with van der Waals surface area (Å²) in [5, 5.41) is 0. The second-order valence-electron chi connectivity index (χ2n) is 2.62. The molecule has 0 fully saturated rings. The number of halogens is 3. The number of allylic oxidation sites excluding steroid dienone is 4. The van der Waals surface area contributed by atoms with E-state index < -0.39 is 5.92 Å². The van der Waals surface area contributed by atoms with Gasteiger partial charge in [-0.1, -0.05) is 41.4 Å². The second-order valence-corrected chi connectivity index (χ2v) is 3.87. The molecule has 0 aliphatic heterocycles. The topological polar surface area (TPSA) is 0 Å². The van der Waals surface area contributed by atoms with Crippen molar-refractivity contribution in [1.29, 1.82) is 0 Å². The summed E-state index contributed by atoms with van der Waals surface area (Å²) in [5.41, 5.74) is 0. The fourth-order valence-corrected chi connectivity index (χ4v) is 0.891. The van der Waals surface area contributed by atoms with Crippen LogP contribution >= 0.6 is 15.9 Å². The Kier molecular flexibility index (Phi) is 5.38. The molecule has 3 heteroatoms. The summed E-state index contributed by atoms with van der Waals surface area (Å²) in [6.45, 7) is 3.54. The normalized spacial score (nSPS) is 14.2. The third kappa shape index (κ3) is 6.53. The van der Waals surface area contributed by atoms with Gasteiger partial charge in [-0.15, -0.1) is 0 Å². The molecule has 0 saturated carbocycles. The van der Waals surface area contributed by atoms with Crippen molar-refractivity contribution in [3.63, 3.8) is 0 Å². The van der Waals surface area contributed by atoms with Crippen LogP contribution in [0, 0.1) is 0 Å². The van der Waals surface area contributed by atoms with Crippen LogP contribution in [-0.2, 0) is 0 Å². The highest BCUT2D eigenvalue weighted by molar-refractivity contribution is 9.11. The zero-order valence-electron chi connectivity index (χ0n) is 7.28. The molecule has 0 unspecified atom stereocenters. The Morgan fingerprint density at radius 2 is 2.08 bits per heavy atom. The van der Waals surface area contributed by atoms with Crippen LogP contribution in [0.3, 0.4) is 0 Å². The van der Waals surface area contributed by atoms with Crippen molar-refractivity contribution in [2.24, 2.45) is 0 Å². The van der Waals surface area contributed by atoms with E-state index in [2.05, 4.69) is 15.9 Å². The summed E-state index contributed by atoms with van der Waals surface area (Å²) < 4.78 is 26.3. The van der Waals surface area contributed by atoms with E-state index in [4.69, 9.17) is 0 Å². The van der Waals surface area contributed by atoms with Gasteiger partial charge in [0.2, 0.25) is 0 Å². The number of hydrogen-bond acceptors (Lipinski definition) is 0. The molecule has 0 aromatic heterocycles.